The Balaban J connectivity index is 1.47. The lowest BCUT2D eigenvalue weighted by Crippen LogP contribution is -2.40. The van der Waals surface area contributed by atoms with Crippen molar-refractivity contribution in [1.82, 2.24) is 4.31 Å². The molecule has 1 saturated heterocycles. The molecular formula is C21H22ClNO6S2. The number of ketones is 1. The first kappa shape index (κ1) is 23.7. The van der Waals surface area contributed by atoms with E-state index < -0.39 is 28.4 Å². The van der Waals surface area contributed by atoms with Crippen molar-refractivity contribution in [2.24, 2.45) is 0 Å². The molecule has 0 bridgehead atoms. The maximum absolute atomic E-state index is 12.6. The van der Waals surface area contributed by atoms with Crippen LogP contribution < -0.4 is 0 Å². The van der Waals surface area contributed by atoms with E-state index >= 15 is 0 Å². The van der Waals surface area contributed by atoms with Gasteiger partial charge >= 0.3 is 5.97 Å². The van der Waals surface area contributed by atoms with Gasteiger partial charge in [0.1, 0.15) is 0 Å². The zero-order valence-corrected chi connectivity index (χ0v) is 19.0. The number of sulfonamides is 1. The Hall–Kier alpha value is -1.91. The topological polar surface area (TPSA) is 90.0 Å². The molecule has 0 N–H and O–H groups in total. The van der Waals surface area contributed by atoms with Gasteiger partial charge in [-0.1, -0.05) is 23.7 Å². The highest BCUT2D eigenvalue weighted by Gasteiger charge is 2.26. The summed E-state index contributed by atoms with van der Waals surface area (Å²) in [5, 5.41) is 0.620. The SMILES string of the molecule is O=C(CCSc1ccccc1Cl)OCC(=O)c1ccc(S(=O)(=O)N2CCOCC2)cc1. The predicted molar refractivity (Wildman–Crippen MR) is 118 cm³/mol. The van der Waals surface area contributed by atoms with Crippen LogP contribution in [0.4, 0.5) is 0 Å². The van der Waals surface area contributed by atoms with Gasteiger partial charge in [-0.05, 0) is 36.4 Å². The normalized spacial score (nSPS) is 14.9. The highest BCUT2D eigenvalue weighted by molar-refractivity contribution is 7.99. The number of Topliss-reactive ketones (excluding diaryl/α,β-unsaturated/α-hetero) is 1. The molecule has 1 heterocycles. The Morgan fingerprint density at radius 3 is 2.42 bits per heavy atom. The van der Waals surface area contributed by atoms with Crippen molar-refractivity contribution in [2.45, 2.75) is 16.2 Å². The van der Waals surface area contributed by atoms with Gasteiger partial charge in [0.25, 0.3) is 0 Å². The number of morpholine rings is 1. The Morgan fingerprint density at radius 1 is 1.06 bits per heavy atom. The summed E-state index contributed by atoms with van der Waals surface area (Å²) in [4.78, 5) is 25.2. The number of rotatable bonds is 9. The van der Waals surface area contributed by atoms with Crippen LogP contribution in [0.15, 0.2) is 58.3 Å². The third kappa shape index (κ3) is 6.54. The van der Waals surface area contributed by atoms with E-state index in [0.717, 1.165) is 4.90 Å². The quantitative estimate of drug-likeness (QED) is 0.307. The molecule has 2 aromatic rings. The molecule has 0 atom stereocenters. The maximum atomic E-state index is 12.6. The minimum absolute atomic E-state index is 0.111. The van der Waals surface area contributed by atoms with Crippen LogP contribution in [0.1, 0.15) is 16.8 Å². The van der Waals surface area contributed by atoms with Crippen molar-refractivity contribution >= 4 is 45.1 Å². The van der Waals surface area contributed by atoms with E-state index in [9.17, 15) is 18.0 Å². The van der Waals surface area contributed by atoms with E-state index in [1.165, 1.54) is 40.3 Å². The lowest BCUT2D eigenvalue weighted by Gasteiger charge is -2.26. The summed E-state index contributed by atoms with van der Waals surface area (Å²) in [6.07, 6.45) is 0.139. The summed E-state index contributed by atoms with van der Waals surface area (Å²) in [6, 6.07) is 13.0. The molecule has 0 saturated carbocycles. The van der Waals surface area contributed by atoms with Crippen LogP contribution in [0.3, 0.4) is 0 Å². The minimum Gasteiger partial charge on any atom is -0.457 e. The summed E-state index contributed by atoms with van der Waals surface area (Å²) < 4.78 is 36.8. The Morgan fingerprint density at radius 2 is 1.74 bits per heavy atom. The largest absolute Gasteiger partial charge is 0.457 e. The van der Waals surface area contributed by atoms with E-state index in [0.29, 0.717) is 37.1 Å². The van der Waals surface area contributed by atoms with E-state index in [1.807, 2.05) is 18.2 Å². The zero-order valence-electron chi connectivity index (χ0n) is 16.7. The molecule has 0 spiro atoms. The number of carbonyl (C=O) groups excluding carboxylic acids is 2. The number of nitrogens with zero attached hydrogens (tertiary/aromatic N) is 1. The molecule has 1 aliphatic rings. The fraction of sp³-hybridized carbons (Fsp3) is 0.333. The smallest absolute Gasteiger partial charge is 0.307 e. The standard InChI is InChI=1S/C21H22ClNO6S2/c22-18-3-1-2-4-20(18)30-14-9-21(25)29-15-19(24)16-5-7-17(8-6-16)31(26,27)23-10-12-28-13-11-23/h1-8H,9-15H2. The Labute approximate surface area is 190 Å². The molecule has 0 radical (unpaired) electrons. The van der Waals surface area contributed by atoms with Gasteiger partial charge in [-0.15, -0.1) is 11.8 Å². The molecule has 0 aromatic heterocycles. The number of hydrogen-bond donors (Lipinski definition) is 0. The van der Waals surface area contributed by atoms with Crippen LogP contribution >= 0.6 is 23.4 Å². The van der Waals surface area contributed by atoms with Gasteiger partial charge in [0, 0.05) is 29.3 Å². The average Bonchev–Trinajstić information content (AvgIpc) is 2.79. The molecule has 1 aliphatic heterocycles. The Kier molecular flexibility index (Phi) is 8.50. The summed E-state index contributed by atoms with van der Waals surface area (Å²) in [7, 11) is -3.62. The van der Waals surface area contributed by atoms with Crippen LogP contribution in [0.25, 0.3) is 0 Å². The fourth-order valence-corrected chi connectivity index (χ4v) is 5.43. The summed E-state index contributed by atoms with van der Waals surface area (Å²) in [5.41, 5.74) is 0.277. The van der Waals surface area contributed by atoms with E-state index in [4.69, 9.17) is 21.1 Å². The van der Waals surface area contributed by atoms with Gasteiger partial charge in [0.05, 0.1) is 29.6 Å². The van der Waals surface area contributed by atoms with Gasteiger partial charge in [0.15, 0.2) is 12.4 Å². The Bertz CT molecular complexity index is 1020. The van der Waals surface area contributed by atoms with Crippen LogP contribution in [0.2, 0.25) is 5.02 Å². The van der Waals surface area contributed by atoms with Gasteiger partial charge in [-0.25, -0.2) is 8.42 Å². The number of halogens is 1. The highest BCUT2D eigenvalue weighted by atomic mass is 35.5. The summed E-state index contributed by atoms with van der Waals surface area (Å²) in [5.74, 6) is -0.410. The lowest BCUT2D eigenvalue weighted by molar-refractivity contribution is -0.141. The molecule has 0 unspecified atom stereocenters. The second-order valence-corrected chi connectivity index (χ2v) is 10.1. The first-order chi connectivity index (χ1) is 14.9. The molecule has 2 aromatic carbocycles. The van der Waals surface area contributed by atoms with E-state index in [-0.39, 0.29) is 16.9 Å². The van der Waals surface area contributed by atoms with Crippen LogP contribution in [-0.2, 0) is 24.3 Å². The van der Waals surface area contributed by atoms with Crippen LogP contribution in [0.5, 0.6) is 0 Å². The van der Waals surface area contributed by atoms with E-state index in [2.05, 4.69) is 0 Å². The lowest BCUT2D eigenvalue weighted by atomic mass is 10.1. The third-order valence-electron chi connectivity index (χ3n) is 4.55. The second-order valence-electron chi connectivity index (χ2n) is 6.65. The van der Waals surface area contributed by atoms with Crippen molar-refractivity contribution in [3.05, 3.63) is 59.1 Å². The predicted octanol–water partition coefficient (Wildman–Crippen LogP) is 3.27. The first-order valence-electron chi connectivity index (χ1n) is 9.62. The first-order valence-corrected chi connectivity index (χ1v) is 12.4. The zero-order chi connectivity index (χ0) is 22.3. The molecule has 0 amide bonds. The number of thioether (sulfide) groups is 1. The van der Waals surface area contributed by atoms with Crippen molar-refractivity contribution in [2.75, 3.05) is 38.7 Å². The molecular weight excluding hydrogens is 462 g/mol. The van der Waals surface area contributed by atoms with Crippen molar-refractivity contribution < 1.29 is 27.5 Å². The number of carbonyl (C=O) groups is 2. The van der Waals surface area contributed by atoms with Gasteiger partial charge in [-0.2, -0.15) is 4.31 Å². The monoisotopic (exact) mass is 483 g/mol. The molecule has 1 fully saturated rings. The van der Waals surface area contributed by atoms with Crippen molar-refractivity contribution in [1.29, 1.82) is 0 Å². The molecule has 7 nitrogen and oxygen atoms in total. The number of ether oxygens (including phenoxy) is 2. The molecule has 166 valence electrons. The minimum atomic E-state index is -3.62. The number of esters is 1. The van der Waals surface area contributed by atoms with Crippen LogP contribution in [0, 0.1) is 0 Å². The summed E-state index contributed by atoms with van der Waals surface area (Å²) in [6.45, 7) is 0.919. The van der Waals surface area contributed by atoms with Gasteiger partial charge < -0.3 is 9.47 Å². The maximum Gasteiger partial charge on any atom is 0.307 e. The molecule has 3 rings (SSSR count). The summed E-state index contributed by atoms with van der Waals surface area (Å²) >= 11 is 7.50. The van der Waals surface area contributed by atoms with Crippen LogP contribution in [-0.4, -0.2) is 63.1 Å². The number of benzene rings is 2. The number of hydrogen-bond acceptors (Lipinski definition) is 7. The average molecular weight is 484 g/mol. The molecule has 31 heavy (non-hydrogen) atoms. The van der Waals surface area contributed by atoms with Crippen molar-refractivity contribution in [3.63, 3.8) is 0 Å². The van der Waals surface area contributed by atoms with Gasteiger partial charge in [-0.3, -0.25) is 9.59 Å². The highest BCUT2D eigenvalue weighted by Crippen LogP contribution is 2.27. The van der Waals surface area contributed by atoms with Gasteiger partial charge in [0.2, 0.25) is 10.0 Å². The van der Waals surface area contributed by atoms with E-state index in [1.54, 1.807) is 6.07 Å². The second kappa shape index (κ2) is 11.1. The van der Waals surface area contributed by atoms with Crippen molar-refractivity contribution in [3.8, 4) is 0 Å². The molecule has 0 aliphatic carbocycles. The third-order valence-corrected chi connectivity index (χ3v) is 7.98. The fourth-order valence-electron chi connectivity index (χ4n) is 2.86. The molecule has 10 heteroatoms.